The van der Waals surface area contributed by atoms with E-state index in [4.69, 9.17) is 24.2 Å². The van der Waals surface area contributed by atoms with Gasteiger partial charge in [-0.1, -0.05) is 31.3 Å². The van der Waals surface area contributed by atoms with Gasteiger partial charge < -0.3 is 19.5 Å². The number of rotatable bonds is 7. The Balaban J connectivity index is 1.46. The van der Waals surface area contributed by atoms with E-state index in [1.54, 1.807) is 0 Å². The fourth-order valence-electron chi connectivity index (χ4n) is 5.96. The maximum atomic E-state index is 11.7. The molecule has 1 unspecified atom stereocenters. The zero-order valence-electron chi connectivity index (χ0n) is 21.9. The fourth-order valence-corrected chi connectivity index (χ4v) is 5.96. The van der Waals surface area contributed by atoms with E-state index < -0.39 is 5.76 Å². The molecule has 3 fully saturated rings. The molecule has 4 heterocycles. The van der Waals surface area contributed by atoms with E-state index in [-0.39, 0.29) is 11.9 Å². The zero-order valence-corrected chi connectivity index (χ0v) is 21.9. The summed E-state index contributed by atoms with van der Waals surface area (Å²) in [6, 6.07) is 0.268. The van der Waals surface area contributed by atoms with E-state index in [0.717, 1.165) is 55.9 Å². The lowest BCUT2D eigenvalue weighted by Crippen LogP contribution is -2.32. The summed E-state index contributed by atoms with van der Waals surface area (Å²) in [6.45, 7) is 8.63. The standard InChI is InChI=1S/C26H38N8O3/c1-16-7-9-18(10-8-16)15-34-20-21(27-17(2)19-5-3-6-19)28-23(24-31-26(35)37-32-24)29-22(20)30-25(34)33-11-4-13-36-14-12-33/h16-19H,3-15H2,1-2H3,(H,27,28,29)(H,31,32,35). The number of fused-ring (bicyclic) bond motifs is 1. The fraction of sp³-hybridized carbons (Fsp3) is 0.731. The molecule has 2 saturated carbocycles. The summed E-state index contributed by atoms with van der Waals surface area (Å²) in [6.07, 6.45) is 9.69. The summed E-state index contributed by atoms with van der Waals surface area (Å²) in [7, 11) is 0. The molecule has 0 spiro atoms. The van der Waals surface area contributed by atoms with Crippen LogP contribution in [-0.2, 0) is 11.3 Å². The molecule has 11 heteroatoms. The molecule has 3 aromatic heterocycles. The molecule has 200 valence electrons. The van der Waals surface area contributed by atoms with Crippen LogP contribution in [0.3, 0.4) is 0 Å². The molecule has 37 heavy (non-hydrogen) atoms. The van der Waals surface area contributed by atoms with Gasteiger partial charge in [0.05, 0.1) is 6.61 Å². The quantitative estimate of drug-likeness (QED) is 0.487. The highest BCUT2D eigenvalue weighted by Gasteiger charge is 2.29. The predicted octanol–water partition coefficient (Wildman–Crippen LogP) is 3.82. The van der Waals surface area contributed by atoms with Crippen LogP contribution in [0.25, 0.3) is 22.8 Å². The van der Waals surface area contributed by atoms with Gasteiger partial charge in [-0.05, 0) is 56.8 Å². The molecule has 1 aliphatic heterocycles. The number of hydrogen-bond donors (Lipinski definition) is 2. The lowest BCUT2D eigenvalue weighted by atomic mass is 9.80. The number of ether oxygens (including phenoxy) is 1. The minimum Gasteiger partial charge on any atom is -0.380 e. The van der Waals surface area contributed by atoms with Crippen LogP contribution in [0.5, 0.6) is 0 Å². The molecule has 3 aliphatic rings. The van der Waals surface area contributed by atoms with E-state index in [9.17, 15) is 4.79 Å². The second kappa shape index (κ2) is 10.4. The molecular formula is C26H38N8O3. The molecule has 1 atom stereocenters. The van der Waals surface area contributed by atoms with Crippen molar-refractivity contribution < 1.29 is 9.26 Å². The molecule has 0 radical (unpaired) electrons. The van der Waals surface area contributed by atoms with Crippen molar-refractivity contribution in [3.05, 3.63) is 10.6 Å². The molecule has 6 rings (SSSR count). The van der Waals surface area contributed by atoms with Crippen molar-refractivity contribution in [1.82, 2.24) is 29.7 Å². The molecular weight excluding hydrogens is 472 g/mol. The molecule has 11 nitrogen and oxygen atoms in total. The van der Waals surface area contributed by atoms with E-state index in [1.807, 2.05) is 0 Å². The molecule has 0 aromatic carbocycles. The van der Waals surface area contributed by atoms with Gasteiger partial charge in [0.15, 0.2) is 11.5 Å². The van der Waals surface area contributed by atoms with Gasteiger partial charge in [-0.25, -0.2) is 14.8 Å². The predicted molar refractivity (Wildman–Crippen MR) is 141 cm³/mol. The van der Waals surface area contributed by atoms with Gasteiger partial charge in [0, 0.05) is 32.3 Å². The first-order valence-electron chi connectivity index (χ1n) is 14.0. The Morgan fingerprint density at radius 1 is 1.05 bits per heavy atom. The topological polar surface area (TPSA) is 127 Å². The number of hydrogen-bond acceptors (Lipinski definition) is 9. The van der Waals surface area contributed by atoms with Gasteiger partial charge in [-0.2, -0.15) is 4.98 Å². The van der Waals surface area contributed by atoms with Crippen LogP contribution in [0.15, 0.2) is 9.32 Å². The van der Waals surface area contributed by atoms with Crippen molar-refractivity contribution in [3.63, 3.8) is 0 Å². The summed E-state index contributed by atoms with van der Waals surface area (Å²) >= 11 is 0. The third kappa shape index (κ3) is 5.10. The Morgan fingerprint density at radius 2 is 1.89 bits per heavy atom. The maximum Gasteiger partial charge on any atom is 0.439 e. The lowest BCUT2D eigenvalue weighted by molar-refractivity contribution is 0.152. The van der Waals surface area contributed by atoms with E-state index in [2.05, 4.69) is 38.8 Å². The number of H-pyrrole nitrogens is 1. The van der Waals surface area contributed by atoms with Crippen LogP contribution in [0, 0.1) is 17.8 Å². The first-order chi connectivity index (χ1) is 18.0. The minimum atomic E-state index is -0.627. The van der Waals surface area contributed by atoms with Crippen LogP contribution in [0.4, 0.5) is 11.8 Å². The summed E-state index contributed by atoms with van der Waals surface area (Å²) in [5.74, 6) is 3.59. The first-order valence-corrected chi connectivity index (χ1v) is 14.0. The van der Waals surface area contributed by atoms with Gasteiger partial charge in [0.1, 0.15) is 5.52 Å². The average molecular weight is 511 g/mol. The molecule has 1 saturated heterocycles. The highest BCUT2D eigenvalue weighted by Crippen LogP contribution is 2.36. The summed E-state index contributed by atoms with van der Waals surface area (Å²) in [4.78, 5) is 31.4. The lowest BCUT2D eigenvalue weighted by Gasteiger charge is -2.32. The Hall–Kier alpha value is -2.95. The number of anilines is 2. The summed E-state index contributed by atoms with van der Waals surface area (Å²) in [5.41, 5.74) is 1.54. The Kier molecular flexibility index (Phi) is 6.88. The van der Waals surface area contributed by atoms with Crippen LogP contribution in [0.1, 0.15) is 65.2 Å². The minimum absolute atomic E-state index is 0.215. The average Bonchev–Trinajstić information content (AvgIpc) is 3.32. The van der Waals surface area contributed by atoms with Crippen molar-refractivity contribution in [2.45, 2.75) is 77.8 Å². The van der Waals surface area contributed by atoms with Crippen LogP contribution < -0.4 is 16.0 Å². The van der Waals surface area contributed by atoms with Gasteiger partial charge in [0.25, 0.3) is 0 Å². The third-order valence-corrected chi connectivity index (χ3v) is 8.54. The third-order valence-electron chi connectivity index (χ3n) is 8.54. The number of nitrogens with one attached hydrogen (secondary N) is 2. The van der Waals surface area contributed by atoms with Crippen molar-refractivity contribution in [1.29, 1.82) is 0 Å². The highest BCUT2D eigenvalue weighted by atomic mass is 16.5. The Labute approximate surface area is 216 Å². The first kappa shape index (κ1) is 24.4. The van der Waals surface area contributed by atoms with Crippen LogP contribution in [0.2, 0.25) is 0 Å². The smallest absolute Gasteiger partial charge is 0.380 e. The van der Waals surface area contributed by atoms with Crippen molar-refractivity contribution in [2.24, 2.45) is 17.8 Å². The van der Waals surface area contributed by atoms with Crippen molar-refractivity contribution in [2.75, 3.05) is 36.5 Å². The normalized spacial score (nSPS) is 24.1. The molecule has 3 aromatic rings. The molecule has 2 N–H and O–H groups in total. The highest BCUT2D eigenvalue weighted by molar-refractivity contribution is 5.87. The van der Waals surface area contributed by atoms with Crippen molar-refractivity contribution >= 4 is 22.9 Å². The van der Waals surface area contributed by atoms with E-state index >= 15 is 0 Å². The second-order valence-electron chi connectivity index (χ2n) is 11.2. The summed E-state index contributed by atoms with van der Waals surface area (Å²) in [5, 5.41) is 7.56. The zero-order chi connectivity index (χ0) is 25.4. The van der Waals surface area contributed by atoms with Gasteiger partial charge in [-0.3, -0.25) is 9.51 Å². The second-order valence-corrected chi connectivity index (χ2v) is 11.2. The summed E-state index contributed by atoms with van der Waals surface area (Å²) < 4.78 is 12.9. The number of imidazole rings is 1. The molecule has 0 bridgehead atoms. The largest absolute Gasteiger partial charge is 0.439 e. The maximum absolute atomic E-state index is 11.7. The Morgan fingerprint density at radius 3 is 2.62 bits per heavy atom. The Bertz CT molecular complexity index is 1260. The monoisotopic (exact) mass is 510 g/mol. The number of nitrogens with zero attached hydrogens (tertiary/aromatic N) is 6. The number of aromatic amines is 1. The SMILES string of the molecule is CC1CCC(Cn2c(N3CCCOCC3)nc3nc(-c4noc(=O)[nH]4)nc(NC(C)C4CCC4)c32)CC1. The van der Waals surface area contributed by atoms with Gasteiger partial charge in [0.2, 0.25) is 17.6 Å². The molecule has 2 aliphatic carbocycles. The van der Waals surface area contributed by atoms with Gasteiger partial charge in [-0.15, -0.1) is 0 Å². The molecule has 0 amide bonds. The van der Waals surface area contributed by atoms with E-state index in [0.29, 0.717) is 29.9 Å². The van der Waals surface area contributed by atoms with Crippen LogP contribution in [-0.4, -0.2) is 62.0 Å². The van der Waals surface area contributed by atoms with E-state index in [1.165, 1.54) is 44.9 Å². The van der Waals surface area contributed by atoms with Gasteiger partial charge >= 0.3 is 5.76 Å². The van der Waals surface area contributed by atoms with Crippen LogP contribution >= 0.6 is 0 Å². The number of aromatic nitrogens is 6. The van der Waals surface area contributed by atoms with Crippen molar-refractivity contribution in [3.8, 4) is 11.6 Å².